The van der Waals surface area contributed by atoms with Crippen molar-refractivity contribution >= 4 is 11.3 Å². The number of rotatable bonds is 2. The summed E-state index contributed by atoms with van der Waals surface area (Å²) in [5.74, 6) is 0.924. The van der Waals surface area contributed by atoms with E-state index in [9.17, 15) is 0 Å². The number of nitrogens with one attached hydrogen (secondary N) is 1. The molecular weight excluding hydrogens is 182 g/mol. The number of H-pyrrole nitrogens is 1. The highest BCUT2D eigenvalue weighted by Gasteiger charge is 2.06. The van der Waals surface area contributed by atoms with E-state index >= 15 is 0 Å². The first-order valence-electron chi connectivity index (χ1n) is 4.09. The number of aromatic amines is 1. The summed E-state index contributed by atoms with van der Waals surface area (Å²) in [6, 6.07) is 2.09. The molecule has 0 saturated heterocycles. The van der Waals surface area contributed by atoms with E-state index in [0.717, 1.165) is 11.5 Å². The monoisotopic (exact) mass is 193 g/mol. The highest BCUT2D eigenvalue weighted by molar-refractivity contribution is 7.13. The number of thiophene rings is 1. The van der Waals surface area contributed by atoms with Crippen LogP contribution in [0, 0.1) is 6.92 Å². The van der Waals surface area contributed by atoms with Gasteiger partial charge in [0.05, 0.1) is 4.88 Å². The Hall–Kier alpha value is -1.13. The number of hydrogen-bond donors (Lipinski definition) is 2. The van der Waals surface area contributed by atoms with Crippen LogP contribution in [0.15, 0.2) is 17.6 Å². The van der Waals surface area contributed by atoms with E-state index in [4.69, 9.17) is 5.73 Å². The Morgan fingerprint density at radius 1 is 1.62 bits per heavy atom. The van der Waals surface area contributed by atoms with Crippen molar-refractivity contribution in [3.63, 3.8) is 0 Å². The minimum atomic E-state index is 0.511. The average molecular weight is 193 g/mol. The molecule has 2 rings (SSSR count). The molecule has 68 valence electrons. The first-order valence-corrected chi connectivity index (χ1v) is 4.97. The molecule has 0 aromatic carbocycles. The van der Waals surface area contributed by atoms with E-state index in [-0.39, 0.29) is 0 Å². The Balaban J connectivity index is 2.41. The fourth-order valence-electron chi connectivity index (χ4n) is 1.19. The molecule has 13 heavy (non-hydrogen) atoms. The maximum atomic E-state index is 5.49. The molecular formula is C9H11N3S. The fourth-order valence-corrected chi connectivity index (χ4v) is 2.07. The van der Waals surface area contributed by atoms with Gasteiger partial charge in [0.1, 0.15) is 5.82 Å². The van der Waals surface area contributed by atoms with Crippen molar-refractivity contribution in [2.45, 2.75) is 13.5 Å². The molecule has 0 aliphatic heterocycles. The van der Waals surface area contributed by atoms with Crippen LogP contribution in [0.25, 0.3) is 10.7 Å². The van der Waals surface area contributed by atoms with Crippen LogP contribution in [0.1, 0.15) is 11.3 Å². The molecule has 0 saturated carbocycles. The molecule has 0 amide bonds. The number of imidazole rings is 1. The van der Waals surface area contributed by atoms with Gasteiger partial charge >= 0.3 is 0 Å². The molecule has 0 radical (unpaired) electrons. The molecule has 0 atom stereocenters. The lowest BCUT2D eigenvalue weighted by atomic mass is 10.3. The molecule has 4 heteroatoms. The van der Waals surface area contributed by atoms with Gasteiger partial charge in [-0.05, 0) is 23.9 Å². The predicted octanol–water partition coefficient (Wildman–Crippen LogP) is 1.91. The Labute approximate surface area is 80.6 Å². The van der Waals surface area contributed by atoms with Gasteiger partial charge in [-0.15, -0.1) is 11.3 Å². The predicted molar refractivity (Wildman–Crippen MR) is 54.5 cm³/mol. The molecule has 2 aromatic heterocycles. The van der Waals surface area contributed by atoms with E-state index in [1.54, 1.807) is 17.5 Å². The molecule has 2 heterocycles. The standard InChI is InChI=1S/C9H11N3S/c1-6-2-3-13-8(6)9-11-5-7(4-10)12-9/h2-3,5H,4,10H2,1H3,(H,11,12). The second kappa shape index (κ2) is 3.32. The van der Waals surface area contributed by atoms with Crippen LogP contribution in [0.4, 0.5) is 0 Å². The molecule has 0 spiro atoms. The van der Waals surface area contributed by atoms with Crippen LogP contribution in [0.2, 0.25) is 0 Å². The van der Waals surface area contributed by atoms with Crippen molar-refractivity contribution in [3.05, 3.63) is 28.9 Å². The Bertz CT molecular complexity index is 402. The van der Waals surface area contributed by atoms with Crippen molar-refractivity contribution < 1.29 is 0 Å². The number of nitrogens with zero attached hydrogens (tertiary/aromatic N) is 1. The third kappa shape index (κ3) is 1.50. The summed E-state index contributed by atoms with van der Waals surface area (Å²) < 4.78 is 0. The smallest absolute Gasteiger partial charge is 0.147 e. The lowest BCUT2D eigenvalue weighted by molar-refractivity contribution is 1.01. The van der Waals surface area contributed by atoms with Crippen LogP contribution in [-0.2, 0) is 6.54 Å². The Morgan fingerprint density at radius 2 is 2.46 bits per heavy atom. The summed E-state index contributed by atoms with van der Waals surface area (Å²) in [5, 5.41) is 2.06. The molecule has 0 aliphatic carbocycles. The zero-order chi connectivity index (χ0) is 9.26. The lowest BCUT2D eigenvalue weighted by Gasteiger charge is -1.93. The van der Waals surface area contributed by atoms with Gasteiger partial charge in [0.25, 0.3) is 0 Å². The third-order valence-corrected chi connectivity index (χ3v) is 2.95. The van der Waals surface area contributed by atoms with E-state index in [1.165, 1.54) is 10.4 Å². The first-order chi connectivity index (χ1) is 6.31. The van der Waals surface area contributed by atoms with Crippen LogP contribution in [-0.4, -0.2) is 9.97 Å². The number of aryl methyl sites for hydroxylation is 1. The molecule has 3 nitrogen and oxygen atoms in total. The van der Waals surface area contributed by atoms with Gasteiger partial charge < -0.3 is 10.7 Å². The van der Waals surface area contributed by atoms with Crippen LogP contribution in [0.5, 0.6) is 0 Å². The highest BCUT2D eigenvalue weighted by atomic mass is 32.1. The molecule has 0 fully saturated rings. The zero-order valence-corrected chi connectivity index (χ0v) is 8.19. The van der Waals surface area contributed by atoms with E-state index in [2.05, 4.69) is 28.3 Å². The van der Waals surface area contributed by atoms with Gasteiger partial charge in [0.2, 0.25) is 0 Å². The number of aromatic nitrogens is 2. The third-order valence-electron chi connectivity index (χ3n) is 1.93. The molecule has 2 aromatic rings. The van der Waals surface area contributed by atoms with Crippen molar-refractivity contribution in [3.8, 4) is 10.7 Å². The topological polar surface area (TPSA) is 54.7 Å². The van der Waals surface area contributed by atoms with Gasteiger partial charge in [0.15, 0.2) is 0 Å². The average Bonchev–Trinajstić information content (AvgIpc) is 2.71. The largest absolute Gasteiger partial charge is 0.340 e. The van der Waals surface area contributed by atoms with Gasteiger partial charge in [-0.25, -0.2) is 4.98 Å². The summed E-state index contributed by atoms with van der Waals surface area (Å²) in [5.41, 5.74) is 7.71. The van der Waals surface area contributed by atoms with Crippen molar-refractivity contribution in [1.29, 1.82) is 0 Å². The van der Waals surface area contributed by atoms with Crippen molar-refractivity contribution in [2.24, 2.45) is 5.73 Å². The van der Waals surface area contributed by atoms with Crippen molar-refractivity contribution in [1.82, 2.24) is 9.97 Å². The number of hydrogen-bond acceptors (Lipinski definition) is 3. The highest BCUT2D eigenvalue weighted by Crippen LogP contribution is 2.26. The molecule has 3 N–H and O–H groups in total. The molecule has 0 bridgehead atoms. The van der Waals surface area contributed by atoms with E-state index < -0.39 is 0 Å². The van der Waals surface area contributed by atoms with Gasteiger partial charge in [-0.1, -0.05) is 0 Å². The van der Waals surface area contributed by atoms with Gasteiger partial charge in [0, 0.05) is 18.4 Å². The minimum Gasteiger partial charge on any atom is -0.340 e. The first kappa shape index (κ1) is 8.47. The Kier molecular flexibility index (Phi) is 2.16. The normalized spacial score (nSPS) is 10.6. The van der Waals surface area contributed by atoms with E-state index in [1.807, 2.05) is 0 Å². The van der Waals surface area contributed by atoms with Crippen LogP contribution in [0.3, 0.4) is 0 Å². The second-order valence-corrected chi connectivity index (χ2v) is 3.81. The van der Waals surface area contributed by atoms with Crippen LogP contribution >= 0.6 is 11.3 Å². The van der Waals surface area contributed by atoms with Crippen molar-refractivity contribution in [2.75, 3.05) is 0 Å². The van der Waals surface area contributed by atoms with Gasteiger partial charge in [-0.2, -0.15) is 0 Å². The quantitative estimate of drug-likeness (QED) is 0.765. The van der Waals surface area contributed by atoms with Crippen LogP contribution < -0.4 is 5.73 Å². The second-order valence-electron chi connectivity index (χ2n) is 2.89. The summed E-state index contributed by atoms with van der Waals surface area (Å²) in [4.78, 5) is 8.64. The number of nitrogens with two attached hydrogens (primary N) is 1. The minimum absolute atomic E-state index is 0.511. The molecule has 0 unspecified atom stereocenters. The molecule has 0 aliphatic rings. The maximum absolute atomic E-state index is 5.49. The maximum Gasteiger partial charge on any atom is 0.147 e. The van der Waals surface area contributed by atoms with Gasteiger partial charge in [-0.3, -0.25) is 0 Å². The lowest BCUT2D eigenvalue weighted by Crippen LogP contribution is -1.95. The summed E-state index contributed by atoms with van der Waals surface area (Å²) in [6.07, 6.45) is 1.79. The summed E-state index contributed by atoms with van der Waals surface area (Å²) >= 11 is 1.69. The SMILES string of the molecule is Cc1ccsc1-c1ncc(CN)[nH]1. The summed E-state index contributed by atoms with van der Waals surface area (Å²) in [6.45, 7) is 2.59. The summed E-state index contributed by atoms with van der Waals surface area (Å²) in [7, 11) is 0. The zero-order valence-electron chi connectivity index (χ0n) is 7.37. The van der Waals surface area contributed by atoms with E-state index in [0.29, 0.717) is 6.54 Å². The Morgan fingerprint density at radius 3 is 3.00 bits per heavy atom. The fraction of sp³-hybridized carbons (Fsp3) is 0.222.